The number of allylic oxidation sites excluding steroid dienone is 1. The van der Waals surface area contributed by atoms with Gasteiger partial charge in [0.15, 0.2) is 0 Å². The molecule has 0 aromatic heterocycles. The number of hydrogen-bond donors (Lipinski definition) is 0. The van der Waals surface area contributed by atoms with Crippen LogP contribution in [-0.4, -0.2) is 29.0 Å². The predicted octanol–water partition coefficient (Wildman–Crippen LogP) is 2.21. The lowest BCUT2D eigenvalue weighted by Crippen LogP contribution is -2.43. The zero-order valence-corrected chi connectivity index (χ0v) is 11.1. The molecule has 0 bridgehead atoms. The molecule has 0 N–H and O–H groups in total. The highest BCUT2D eigenvalue weighted by Crippen LogP contribution is 2.42. The Labute approximate surface area is 117 Å². The minimum Gasteiger partial charge on any atom is -0.299 e. The lowest BCUT2D eigenvalue weighted by Gasteiger charge is -2.38. The monoisotopic (exact) mass is 269 g/mol. The molecule has 0 radical (unpaired) electrons. The number of fused-ring (bicyclic) bond motifs is 1. The summed E-state index contributed by atoms with van der Waals surface area (Å²) >= 11 is 0. The molecule has 3 rings (SSSR count). The first-order valence-electron chi connectivity index (χ1n) is 6.71. The number of Topliss-reactive ketones (excluding diaryl/α,β-unsaturated/α-hetero) is 1. The van der Waals surface area contributed by atoms with Crippen LogP contribution in [0.3, 0.4) is 0 Å². The van der Waals surface area contributed by atoms with Gasteiger partial charge in [0, 0.05) is 18.4 Å². The highest BCUT2D eigenvalue weighted by molar-refractivity contribution is 6.21. The van der Waals surface area contributed by atoms with Crippen molar-refractivity contribution in [2.45, 2.75) is 19.3 Å². The van der Waals surface area contributed by atoms with E-state index in [4.69, 9.17) is 0 Å². The van der Waals surface area contributed by atoms with E-state index in [1.807, 2.05) is 0 Å². The van der Waals surface area contributed by atoms with Crippen LogP contribution in [0, 0.1) is 5.41 Å². The number of carbonyl (C=O) groups is 3. The highest BCUT2D eigenvalue weighted by Gasteiger charge is 2.44. The van der Waals surface area contributed by atoms with Crippen LogP contribution in [0.1, 0.15) is 40.0 Å². The fourth-order valence-corrected chi connectivity index (χ4v) is 2.88. The fraction of sp³-hybridized carbons (Fsp3) is 0.312. The van der Waals surface area contributed by atoms with E-state index in [9.17, 15) is 14.4 Å². The summed E-state index contributed by atoms with van der Waals surface area (Å²) in [5.41, 5.74) is 0.366. The van der Waals surface area contributed by atoms with Gasteiger partial charge in [-0.3, -0.25) is 19.3 Å². The normalized spacial score (nSPS) is 24.6. The van der Waals surface area contributed by atoms with E-state index in [-0.39, 0.29) is 24.1 Å². The van der Waals surface area contributed by atoms with Gasteiger partial charge in [0.05, 0.1) is 11.1 Å². The quantitative estimate of drug-likeness (QED) is 0.622. The van der Waals surface area contributed by atoms with E-state index < -0.39 is 5.41 Å². The van der Waals surface area contributed by atoms with Crippen molar-refractivity contribution in [2.75, 3.05) is 6.54 Å². The van der Waals surface area contributed by atoms with Crippen molar-refractivity contribution in [3.63, 3.8) is 0 Å². The third-order valence-electron chi connectivity index (χ3n) is 4.40. The van der Waals surface area contributed by atoms with E-state index in [0.29, 0.717) is 24.0 Å². The van der Waals surface area contributed by atoms with Crippen molar-refractivity contribution >= 4 is 17.6 Å². The third-order valence-corrected chi connectivity index (χ3v) is 4.40. The molecule has 4 nitrogen and oxygen atoms in total. The second kappa shape index (κ2) is 4.40. The van der Waals surface area contributed by atoms with Gasteiger partial charge in [-0.25, -0.2) is 0 Å². The first-order valence-corrected chi connectivity index (χ1v) is 6.71. The van der Waals surface area contributed by atoms with Crippen LogP contribution in [-0.2, 0) is 4.79 Å². The zero-order valence-electron chi connectivity index (χ0n) is 11.1. The molecular weight excluding hydrogens is 254 g/mol. The van der Waals surface area contributed by atoms with E-state index in [2.05, 4.69) is 6.58 Å². The Hall–Kier alpha value is -2.23. The summed E-state index contributed by atoms with van der Waals surface area (Å²) in [4.78, 5) is 37.3. The number of hydrogen-bond acceptors (Lipinski definition) is 3. The molecule has 1 saturated carbocycles. The number of rotatable bonds is 4. The van der Waals surface area contributed by atoms with Crippen molar-refractivity contribution < 1.29 is 14.4 Å². The molecule has 1 heterocycles. The van der Waals surface area contributed by atoms with Gasteiger partial charge in [0.25, 0.3) is 11.8 Å². The van der Waals surface area contributed by atoms with Gasteiger partial charge < -0.3 is 0 Å². The van der Waals surface area contributed by atoms with E-state index >= 15 is 0 Å². The standard InChI is InChI=1S/C16H15NO3/c1-2-16(8-7-13(16)18)9-10-17-14(19)11-5-3-4-6-12(11)15(17)20/h2-6H,1,7-10H2/t16-/m1/s1. The first-order chi connectivity index (χ1) is 9.59. The first kappa shape index (κ1) is 12.8. The maximum atomic E-state index is 12.2. The average Bonchev–Trinajstić information content (AvgIpc) is 2.72. The maximum Gasteiger partial charge on any atom is 0.261 e. The summed E-state index contributed by atoms with van der Waals surface area (Å²) in [5, 5.41) is 0. The predicted molar refractivity (Wildman–Crippen MR) is 73.3 cm³/mol. The number of amides is 2. The van der Waals surface area contributed by atoms with Crippen LogP contribution in [0.5, 0.6) is 0 Å². The van der Waals surface area contributed by atoms with Crippen LogP contribution >= 0.6 is 0 Å². The SMILES string of the molecule is C=C[C@]1(CCN2C(=O)c3ccccc3C2=O)CCC1=O. The smallest absolute Gasteiger partial charge is 0.261 e. The van der Waals surface area contributed by atoms with Crippen molar-refractivity contribution in [3.05, 3.63) is 48.0 Å². The van der Waals surface area contributed by atoms with Crippen molar-refractivity contribution in [2.24, 2.45) is 5.41 Å². The second-order valence-electron chi connectivity index (χ2n) is 5.34. The van der Waals surface area contributed by atoms with Crippen LogP contribution in [0.25, 0.3) is 0 Å². The summed E-state index contributed by atoms with van der Waals surface area (Å²) in [6, 6.07) is 6.81. The molecule has 2 amide bonds. The van der Waals surface area contributed by atoms with Gasteiger partial charge in [-0.15, -0.1) is 6.58 Å². The van der Waals surface area contributed by atoms with Crippen molar-refractivity contribution in [1.82, 2.24) is 4.90 Å². The number of benzene rings is 1. The largest absolute Gasteiger partial charge is 0.299 e. The molecule has 1 aromatic rings. The molecule has 102 valence electrons. The third kappa shape index (κ3) is 1.64. The van der Waals surface area contributed by atoms with Gasteiger partial charge >= 0.3 is 0 Å². The molecule has 1 aliphatic heterocycles. The van der Waals surface area contributed by atoms with Gasteiger partial charge in [0.1, 0.15) is 5.78 Å². The summed E-state index contributed by atoms with van der Waals surface area (Å²) in [7, 11) is 0. The van der Waals surface area contributed by atoms with Crippen LogP contribution in [0.2, 0.25) is 0 Å². The number of nitrogens with zero attached hydrogens (tertiary/aromatic N) is 1. The number of ketones is 1. The minimum atomic E-state index is -0.532. The molecule has 4 heteroatoms. The molecule has 0 saturated heterocycles. The Morgan fingerprint density at radius 3 is 2.15 bits per heavy atom. The molecule has 20 heavy (non-hydrogen) atoms. The van der Waals surface area contributed by atoms with Gasteiger partial charge in [-0.1, -0.05) is 18.2 Å². The molecule has 1 fully saturated rings. The van der Waals surface area contributed by atoms with Crippen LogP contribution in [0.4, 0.5) is 0 Å². The van der Waals surface area contributed by atoms with Gasteiger partial charge in [0.2, 0.25) is 0 Å². The lowest BCUT2D eigenvalue weighted by molar-refractivity contribution is -0.135. The minimum absolute atomic E-state index is 0.157. The van der Waals surface area contributed by atoms with Crippen molar-refractivity contribution in [3.8, 4) is 0 Å². The average molecular weight is 269 g/mol. The summed E-state index contributed by atoms with van der Waals surface area (Å²) in [6.45, 7) is 3.99. The topological polar surface area (TPSA) is 54.5 Å². The lowest BCUT2D eigenvalue weighted by atomic mass is 9.65. The maximum absolute atomic E-state index is 12.2. The van der Waals surface area contributed by atoms with Crippen LogP contribution in [0.15, 0.2) is 36.9 Å². The fourth-order valence-electron chi connectivity index (χ4n) is 2.88. The molecule has 1 aliphatic carbocycles. The summed E-state index contributed by atoms with van der Waals surface area (Å²) in [5.74, 6) is -0.378. The Balaban J connectivity index is 1.77. The van der Waals surface area contributed by atoms with E-state index in [1.54, 1.807) is 30.3 Å². The zero-order chi connectivity index (χ0) is 14.3. The Bertz CT molecular complexity index is 599. The Kier molecular flexibility index (Phi) is 2.82. The number of carbonyl (C=O) groups excluding carboxylic acids is 3. The van der Waals surface area contributed by atoms with E-state index in [0.717, 1.165) is 6.42 Å². The highest BCUT2D eigenvalue weighted by atomic mass is 16.2. The van der Waals surface area contributed by atoms with Gasteiger partial charge in [-0.05, 0) is 25.0 Å². The van der Waals surface area contributed by atoms with Crippen molar-refractivity contribution in [1.29, 1.82) is 0 Å². The molecule has 1 aromatic carbocycles. The Morgan fingerprint density at radius 2 is 1.75 bits per heavy atom. The molecular formula is C16H15NO3. The summed E-state index contributed by atoms with van der Waals surface area (Å²) < 4.78 is 0. The van der Waals surface area contributed by atoms with Crippen LogP contribution < -0.4 is 0 Å². The second-order valence-corrected chi connectivity index (χ2v) is 5.34. The van der Waals surface area contributed by atoms with E-state index in [1.165, 1.54) is 4.90 Å². The summed E-state index contributed by atoms with van der Waals surface area (Å²) in [6.07, 6.45) is 3.46. The Morgan fingerprint density at radius 1 is 1.15 bits per heavy atom. The number of imide groups is 1. The molecule has 1 atom stereocenters. The molecule has 2 aliphatic rings. The van der Waals surface area contributed by atoms with Gasteiger partial charge in [-0.2, -0.15) is 0 Å². The molecule has 0 spiro atoms. The molecule has 0 unspecified atom stereocenters.